The minimum atomic E-state index is -0.472. The highest BCUT2D eigenvalue weighted by atomic mass is 19.1. The summed E-state index contributed by atoms with van der Waals surface area (Å²) < 4.78 is 13.5. The van der Waals surface area contributed by atoms with Gasteiger partial charge < -0.3 is 0 Å². The Kier molecular flexibility index (Phi) is 2.49. The monoisotopic (exact) mass is 202 g/mol. The van der Waals surface area contributed by atoms with Gasteiger partial charge in [-0.1, -0.05) is 6.07 Å². The van der Waals surface area contributed by atoms with Crippen molar-refractivity contribution in [3.05, 3.63) is 48.2 Å². The van der Waals surface area contributed by atoms with Crippen molar-refractivity contribution in [3.63, 3.8) is 0 Å². The molecule has 0 spiro atoms. The van der Waals surface area contributed by atoms with Crippen molar-refractivity contribution in [2.24, 2.45) is 0 Å². The normalized spacial score (nSPS) is 9.93. The predicted octanol–water partition coefficient (Wildman–Crippen LogP) is 2.10. The number of hydrogen-bond donors (Lipinski definition) is 0. The number of nitrogens with zero attached hydrogens (tertiary/aromatic N) is 2. The summed E-state index contributed by atoms with van der Waals surface area (Å²) in [5.41, 5.74) is 1.10. The highest BCUT2D eigenvalue weighted by Crippen LogP contribution is 2.20. The number of aromatic nitrogens is 2. The molecule has 3 nitrogen and oxygen atoms in total. The molecule has 0 aliphatic carbocycles. The van der Waals surface area contributed by atoms with E-state index in [1.807, 2.05) is 0 Å². The largest absolute Gasteiger partial charge is 0.298 e. The Bertz CT molecular complexity index is 485. The fourth-order valence-electron chi connectivity index (χ4n) is 1.25. The van der Waals surface area contributed by atoms with Crippen LogP contribution in [0.2, 0.25) is 0 Å². The molecule has 2 aromatic rings. The molecule has 0 N–H and O–H groups in total. The van der Waals surface area contributed by atoms with E-state index in [0.29, 0.717) is 23.1 Å². The van der Waals surface area contributed by atoms with Crippen LogP contribution in [0.3, 0.4) is 0 Å². The van der Waals surface area contributed by atoms with Crippen molar-refractivity contribution in [1.29, 1.82) is 0 Å². The molecule has 1 aromatic heterocycles. The standard InChI is InChI=1S/C11H7FN2O/c12-10-5-8(7-15)1-2-9(10)11-6-13-3-4-14-11/h1-7H. The van der Waals surface area contributed by atoms with Crippen molar-refractivity contribution in [2.45, 2.75) is 0 Å². The average molecular weight is 202 g/mol. The van der Waals surface area contributed by atoms with Gasteiger partial charge in [0.15, 0.2) is 0 Å². The van der Waals surface area contributed by atoms with E-state index in [9.17, 15) is 9.18 Å². The lowest BCUT2D eigenvalue weighted by atomic mass is 10.1. The minimum absolute atomic E-state index is 0.306. The third-order valence-corrected chi connectivity index (χ3v) is 1.97. The lowest BCUT2D eigenvalue weighted by Gasteiger charge is -2.01. The van der Waals surface area contributed by atoms with Gasteiger partial charge in [0.1, 0.15) is 12.1 Å². The van der Waals surface area contributed by atoms with E-state index >= 15 is 0 Å². The molecule has 2 rings (SSSR count). The lowest BCUT2D eigenvalue weighted by molar-refractivity contribution is 0.112. The van der Waals surface area contributed by atoms with Gasteiger partial charge in [-0.2, -0.15) is 0 Å². The summed E-state index contributed by atoms with van der Waals surface area (Å²) >= 11 is 0. The van der Waals surface area contributed by atoms with Gasteiger partial charge in [0.2, 0.25) is 0 Å². The van der Waals surface area contributed by atoms with Gasteiger partial charge in [0, 0.05) is 23.5 Å². The summed E-state index contributed by atoms with van der Waals surface area (Å²) in [7, 11) is 0. The van der Waals surface area contributed by atoms with Crippen LogP contribution in [-0.2, 0) is 0 Å². The average Bonchev–Trinajstić information content (AvgIpc) is 2.30. The van der Waals surface area contributed by atoms with Crippen molar-refractivity contribution in [2.75, 3.05) is 0 Å². The Hall–Kier alpha value is -2.10. The van der Waals surface area contributed by atoms with Crippen molar-refractivity contribution < 1.29 is 9.18 Å². The molecular weight excluding hydrogens is 195 g/mol. The van der Waals surface area contributed by atoms with Gasteiger partial charge in [-0.15, -0.1) is 0 Å². The van der Waals surface area contributed by atoms with Crippen LogP contribution in [0.1, 0.15) is 10.4 Å². The number of halogens is 1. The summed E-state index contributed by atoms with van der Waals surface area (Å²) in [4.78, 5) is 18.2. The smallest absolute Gasteiger partial charge is 0.150 e. The first-order chi connectivity index (χ1) is 7.31. The van der Waals surface area contributed by atoms with Crippen LogP contribution in [0.25, 0.3) is 11.3 Å². The van der Waals surface area contributed by atoms with Crippen LogP contribution < -0.4 is 0 Å². The van der Waals surface area contributed by atoms with Crippen LogP contribution in [0.4, 0.5) is 4.39 Å². The van der Waals surface area contributed by atoms with E-state index < -0.39 is 5.82 Å². The molecule has 0 aliphatic heterocycles. The molecule has 0 atom stereocenters. The lowest BCUT2D eigenvalue weighted by Crippen LogP contribution is -1.90. The molecule has 0 unspecified atom stereocenters. The highest BCUT2D eigenvalue weighted by Gasteiger charge is 2.06. The number of rotatable bonds is 2. The van der Waals surface area contributed by atoms with Gasteiger partial charge in [-0.3, -0.25) is 14.8 Å². The fraction of sp³-hybridized carbons (Fsp3) is 0. The quantitative estimate of drug-likeness (QED) is 0.700. The molecule has 0 amide bonds. The predicted molar refractivity (Wildman–Crippen MR) is 52.8 cm³/mol. The van der Waals surface area contributed by atoms with Gasteiger partial charge in [-0.05, 0) is 12.1 Å². The second kappa shape index (κ2) is 3.96. The molecule has 4 heteroatoms. The number of benzene rings is 1. The Morgan fingerprint density at radius 3 is 2.73 bits per heavy atom. The van der Waals surface area contributed by atoms with Crippen LogP contribution in [-0.4, -0.2) is 16.3 Å². The van der Waals surface area contributed by atoms with E-state index in [0.717, 1.165) is 0 Å². The SMILES string of the molecule is O=Cc1ccc(-c2cnccn2)c(F)c1. The summed E-state index contributed by atoms with van der Waals surface area (Å²) in [5, 5.41) is 0. The molecule has 0 radical (unpaired) electrons. The van der Waals surface area contributed by atoms with E-state index in [2.05, 4.69) is 9.97 Å². The first kappa shape index (κ1) is 9.45. The van der Waals surface area contributed by atoms with Crippen LogP contribution in [0.15, 0.2) is 36.8 Å². The number of aldehydes is 1. The Morgan fingerprint density at radius 2 is 2.13 bits per heavy atom. The third-order valence-electron chi connectivity index (χ3n) is 1.97. The maximum absolute atomic E-state index is 13.5. The van der Waals surface area contributed by atoms with E-state index in [1.54, 1.807) is 6.07 Å². The number of carbonyl (C=O) groups excluding carboxylic acids is 1. The number of hydrogen-bond acceptors (Lipinski definition) is 3. The molecule has 74 valence electrons. The first-order valence-corrected chi connectivity index (χ1v) is 4.32. The molecule has 0 bridgehead atoms. The van der Waals surface area contributed by atoms with Crippen LogP contribution in [0.5, 0.6) is 0 Å². The molecule has 0 saturated carbocycles. The Morgan fingerprint density at radius 1 is 1.27 bits per heavy atom. The summed E-state index contributed by atoms with van der Waals surface area (Å²) in [6.07, 6.45) is 5.08. The molecule has 0 saturated heterocycles. The van der Waals surface area contributed by atoms with Crippen molar-refractivity contribution in [1.82, 2.24) is 9.97 Å². The van der Waals surface area contributed by atoms with Gasteiger partial charge in [-0.25, -0.2) is 4.39 Å². The maximum Gasteiger partial charge on any atom is 0.150 e. The van der Waals surface area contributed by atoms with Gasteiger partial charge >= 0.3 is 0 Å². The van der Waals surface area contributed by atoms with E-state index in [4.69, 9.17) is 0 Å². The molecular formula is C11H7FN2O. The minimum Gasteiger partial charge on any atom is -0.298 e. The molecule has 0 aliphatic rings. The third kappa shape index (κ3) is 1.88. The zero-order chi connectivity index (χ0) is 10.7. The Balaban J connectivity index is 2.51. The van der Waals surface area contributed by atoms with Crippen molar-refractivity contribution >= 4 is 6.29 Å². The van der Waals surface area contributed by atoms with Gasteiger partial charge in [0.05, 0.1) is 11.9 Å². The van der Waals surface area contributed by atoms with Crippen LogP contribution in [0, 0.1) is 5.82 Å². The molecule has 1 heterocycles. The van der Waals surface area contributed by atoms with E-state index in [-0.39, 0.29) is 0 Å². The summed E-state index contributed by atoms with van der Waals surface area (Å²) in [6.45, 7) is 0. The van der Waals surface area contributed by atoms with E-state index in [1.165, 1.54) is 30.7 Å². The molecule has 0 fully saturated rings. The Labute approximate surface area is 85.6 Å². The second-order valence-electron chi connectivity index (χ2n) is 2.95. The zero-order valence-electron chi connectivity index (χ0n) is 7.72. The van der Waals surface area contributed by atoms with Gasteiger partial charge in [0.25, 0.3) is 0 Å². The second-order valence-corrected chi connectivity index (χ2v) is 2.95. The summed E-state index contributed by atoms with van der Waals surface area (Å²) in [5.74, 6) is -0.472. The highest BCUT2D eigenvalue weighted by molar-refractivity contribution is 5.76. The first-order valence-electron chi connectivity index (χ1n) is 4.32. The molecule has 1 aromatic carbocycles. The maximum atomic E-state index is 13.5. The summed E-state index contributed by atoms with van der Waals surface area (Å²) in [6, 6.07) is 4.24. The fourth-order valence-corrected chi connectivity index (χ4v) is 1.25. The number of carbonyl (C=O) groups is 1. The van der Waals surface area contributed by atoms with Crippen LogP contribution >= 0.6 is 0 Å². The zero-order valence-corrected chi connectivity index (χ0v) is 7.72. The topological polar surface area (TPSA) is 42.9 Å². The molecule has 15 heavy (non-hydrogen) atoms. The van der Waals surface area contributed by atoms with Crippen molar-refractivity contribution in [3.8, 4) is 11.3 Å².